The number of aliphatic imine (C=N–C) groups is 1. The van der Waals surface area contributed by atoms with Crippen LogP contribution in [-0.4, -0.2) is 63.7 Å². The predicted molar refractivity (Wildman–Crippen MR) is 129 cm³/mol. The van der Waals surface area contributed by atoms with Crippen LogP contribution in [0.25, 0.3) is 11.3 Å². The van der Waals surface area contributed by atoms with Crippen molar-refractivity contribution in [1.82, 2.24) is 14.9 Å². The third-order valence-corrected chi connectivity index (χ3v) is 5.80. The topological polar surface area (TPSA) is 170 Å². The van der Waals surface area contributed by atoms with Crippen molar-refractivity contribution in [3.63, 3.8) is 0 Å². The van der Waals surface area contributed by atoms with Gasteiger partial charge in [0.1, 0.15) is 30.1 Å². The molecule has 2 unspecified atom stereocenters. The molecule has 4 N–H and O–H groups in total. The maximum atomic E-state index is 14.9. The van der Waals surface area contributed by atoms with Gasteiger partial charge in [0.2, 0.25) is 11.7 Å². The summed E-state index contributed by atoms with van der Waals surface area (Å²) < 4.78 is 20.7. The average molecular weight is 493 g/mol. The molecule has 1 saturated heterocycles. The molecule has 12 heteroatoms. The summed E-state index contributed by atoms with van der Waals surface area (Å²) in [6, 6.07) is 8.51. The third-order valence-electron chi connectivity index (χ3n) is 5.80. The van der Waals surface area contributed by atoms with Gasteiger partial charge in [-0.3, -0.25) is 15.0 Å². The Morgan fingerprint density at radius 2 is 2.08 bits per heavy atom. The number of hydrogen-bond donors (Lipinski definition) is 3. The fraction of sp³-hybridized carbons (Fsp3) is 0.375. The summed E-state index contributed by atoms with van der Waals surface area (Å²) >= 11 is 0. The van der Waals surface area contributed by atoms with Gasteiger partial charge in [-0.25, -0.2) is 19.4 Å². The number of piperidine rings is 1. The number of nitriles is 1. The molecule has 2 aliphatic rings. The molecule has 1 aliphatic carbocycles. The Labute approximate surface area is 206 Å². The minimum Gasteiger partial charge on any atom is -0.486 e. The number of carbonyl (C=O) groups is 2. The number of hydrogen-bond acceptors (Lipinski definition) is 7. The maximum absolute atomic E-state index is 14.9. The van der Waals surface area contributed by atoms with Gasteiger partial charge in [-0.2, -0.15) is 5.26 Å². The molecule has 1 aromatic carbocycles. The molecule has 36 heavy (non-hydrogen) atoms. The lowest BCUT2D eigenvalue weighted by molar-refractivity contribution is -0.128. The zero-order chi connectivity index (χ0) is 25.8. The number of likely N-dealkylation sites (tertiary alicyclic amines) is 1. The van der Waals surface area contributed by atoms with Crippen LogP contribution in [0.15, 0.2) is 35.6 Å². The van der Waals surface area contributed by atoms with E-state index < -0.39 is 24.0 Å². The summed E-state index contributed by atoms with van der Waals surface area (Å²) in [6.07, 6.45) is 0.856. The van der Waals surface area contributed by atoms with Crippen molar-refractivity contribution in [2.45, 2.75) is 38.5 Å². The first-order chi connectivity index (χ1) is 17.2. The van der Waals surface area contributed by atoms with Crippen LogP contribution in [0, 0.1) is 22.7 Å². The molecule has 11 nitrogen and oxygen atoms in total. The number of nitrogens with one attached hydrogen (secondary N) is 2. The number of anilines is 1. The zero-order valence-corrected chi connectivity index (χ0v) is 19.6. The summed E-state index contributed by atoms with van der Waals surface area (Å²) in [6.45, 7) is 1.36. The van der Waals surface area contributed by atoms with Crippen LogP contribution in [0.5, 0.6) is 5.75 Å². The Kier molecular flexibility index (Phi) is 7.19. The number of nitrogens with zero attached hydrogens (tertiary/aromatic N) is 5. The first-order valence-corrected chi connectivity index (χ1v) is 11.4. The Balaban J connectivity index is 1.43. The molecule has 186 valence electrons. The number of benzene rings is 1. The highest BCUT2D eigenvalue weighted by atomic mass is 19.1. The van der Waals surface area contributed by atoms with Crippen molar-refractivity contribution >= 4 is 29.3 Å². The van der Waals surface area contributed by atoms with Crippen LogP contribution in [0.4, 0.5) is 10.2 Å². The number of rotatable bonds is 5. The summed E-state index contributed by atoms with van der Waals surface area (Å²) in [5.74, 6) is -0.654. The Morgan fingerprint density at radius 1 is 1.31 bits per heavy atom. The third kappa shape index (κ3) is 5.80. The Hall–Kier alpha value is -4.40. The Bertz CT molecular complexity index is 1270. The average Bonchev–Trinajstić information content (AvgIpc) is 3.70. The lowest BCUT2D eigenvalue weighted by atomic mass is 10.0. The zero-order valence-electron chi connectivity index (χ0n) is 19.6. The number of ether oxygens (including phenoxy) is 1. The van der Waals surface area contributed by atoms with Crippen molar-refractivity contribution in [2.24, 2.45) is 16.6 Å². The SMILES string of the molecule is CC(N)=NC(=N)C(=O)N1CCC(Oc2ccc(-c3cc(NC(=O)C4CC4)ncn3)cc2C#N)C(F)C1. The summed E-state index contributed by atoms with van der Waals surface area (Å²) in [5, 5.41) is 20.1. The number of carbonyl (C=O) groups excluding carboxylic acids is 2. The van der Waals surface area contributed by atoms with Crippen molar-refractivity contribution in [3.05, 3.63) is 36.2 Å². The molecule has 2 heterocycles. The van der Waals surface area contributed by atoms with E-state index in [2.05, 4.69) is 26.3 Å². The van der Waals surface area contributed by atoms with Gasteiger partial charge in [0.15, 0.2) is 6.17 Å². The summed E-state index contributed by atoms with van der Waals surface area (Å²) in [5.41, 5.74) is 6.71. The molecule has 1 saturated carbocycles. The summed E-state index contributed by atoms with van der Waals surface area (Å²) in [7, 11) is 0. The van der Waals surface area contributed by atoms with E-state index in [1.807, 2.05) is 0 Å². The van der Waals surface area contributed by atoms with E-state index in [4.69, 9.17) is 15.9 Å². The predicted octanol–water partition coefficient (Wildman–Crippen LogP) is 2.04. The second-order valence-electron chi connectivity index (χ2n) is 8.69. The van der Waals surface area contributed by atoms with E-state index in [9.17, 15) is 19.2 Å². The van der Waals surface area contributed by atoms with E-state index in [0.717, 1.165) is 12.8 Å². The van der Waals surface area contributed by atoms with E-state index in [1.54, 1.807) is 24.3 Å². The Morgan fingerprint density at radius 3 is 2.75 bits per heavy atom. The van der Waals surface area contributed by atoms with Gasteiger partial charge in [0.05, 0.1) is 23.6 Å². The highest BCUT2D eigenvalue weighted by Crippen LogP contribution is 2.31. The quantitative estimate of drug-likeness (QED) is 0.423. The van der Waals surface area contributed by atoms with Gasteiger partial charge in [-0.1, -0.05) is 0 Å². The van der Waals surface area contributed by atoms with Crippen LogP contribution < -0.4 is 15.8 Å². The van der Waals surface area contributed by atoms with Crippen molar-refractivity contribution in [2.75, 3.05) is 18.4 Å². The van der Waals surface area contributed by atoms with Crippen LogP contribution in [0.1, 0.15) is 31.7 Å². The van der Waals surface area contributed by atoms with Crippen molar-refractivity contribution in [3.8, 4) is 23.1 Å². The highest BCUT2D eigenvalue weighted by molar-refractivity contribution is 6.38. The smallest absolute Gasteiger partial charge is 0.291 e. The van der Waals surface area contributed by atoms with Gasteiger partial charge in [0, 0.05) is 30.5 Å². The number of alkyl halides is 1. The molecule has 1 aliphatic heterocycles. The highest BCUT2D eigenvalue weighted by Gasteiger charge is 2.34. The van der Waals surface area contributed by atoms with Gasteiger partial charge in [-0.05, 0) is 38.0 Å². The second-order valence-corrected chi connectivity index (χ2v) is 8.69. The molecule has 0 radical (unpaired) electrons. The molecular formula is C24H25FN8O3. The number of amidine groups is 2. The van der Waals surface area contributed by atoms with E-state index in [1.165, 1.54) is 18.2 Å². The second kappa shape index (κ2) is 10.5. The lowest BCUT2D eigenvalue weighted by Gasteiger charge is -2.34. The molecular weight excluding hydrogens is 467 g/mol. The lowest BCUT2D eigenvalue weighted by Crippen LogP contribution is -2.50. The first-order valence-electron chi connectivity index (χ1n) is 11.4. The van der Waals surface area contributed by atoms with E-state index in [0.29, 0.717) is 17.1 Å². The van der Waals surface area contributed by atoms with Crippen LogP contribution >= 0.6 is 0 Å². The minimum atomic E-state index is -1.52. The molecule has 2 amide bonds. The van der Waals surface area contributed by atoms with Crippen LogP contribution in [0.3, 0.4) is 0 Å². The number of nitrogens with two attached hydrogens (primary N) is 1. The fourth-order valence-corrected chi connectivity index (χ4v) is 3.77. The number of amides is 2. The molecule has 2 atom stereocenters. The van der Waals surface area contributed by atoms with Gasteiger partial charge < -0.3 is 20.7 Å². The molecule has 2 aromatic rings. The minimum absolute atomic E-state index is 0.0325. The number of aromatic nitrogens is 2. The molecule has 2 fully saturated rings. The number of halogens is 1. The molecule has 4 rings (SSSR count). The van der Waals surface area contributed by atoms with Crippen molar-refractivity contribution < 1.29 is 18.7 Å². The van der Waals surface area contributed by atoms with Gasteiger partial charge in [0.25, 0.3) is 5.91 Å². The summed E-state index contributed by atoms with van der Waals surface area (Å²) in [4.78, 5) is 37.4. The largest absolute Gasteiger partial charge is 0.486 e. The fourth-order valence-electron chi connectivity index (χ4n) is 3.77. The van der Waals surface area contributed by atoms with E-state index in [-0.39, 0.29) is 48.5 Å². The van der Waals surface area contributed by atoms with Crippen molar-refractivity contribution in [1.29, 1.82) is 10.7 Å². The standard InChI is InChI=1S/C24H25FN8O3/c1-13(27)31-22(28)24(35)33-7-6-20(17(25)11-33)36-19-5-4-15(8-16(19)10-26)18-9-21(30-12-29-18)32-23(34)14-2-3-14/h4-5,8-9,12,14,17,20H,2-3,6-7,11H2,1H3,(H3,27,28,31)(H,29,30,32,34). The van der Waals surface area contributed by atoms with Gasteiger partial charge >= 0.3 is 0 Å². The van der Waals surface area contributed by atoms with Crippen LogP contribution in [-0.2, 0) is 9.59 Å². The van der Waals surface area contributed by atoms with Crippen LogP contribution in [0.2, 0.25) is 0 Å². The molecule has 0 bridgehead atoms. The van der Waals surface area contributed by atoms with E-state index >= 15 is 0 Å². The first kappa shape index (κ1) is 24.7. The monoisotopic (exact) mass is 492 g/mol. The molecule has 1 aromatic heterocycles. The molecule has 0 spiro atoms. The van der Waals surface area contributed by atoms with Gasteiger partial charge in [-0.15, -0.1) is 0 Å². The maximum Gasteiger partial charge on any atom is 0.291 e. The normalized spacial score (nSPS) is 19.8.